The fraction of sp³-hybridized carbons (Fsp3) is 1.00. The largest absolute Gasteiger partial charge is 0.145 e. The zero-order valence-corrected chi connectivity index (χ0v) is 6.62. The molecule has 0 spiro atoms. The first-order chi connectivity index (χ1) is 2.79. The molecule has 6 heavy (non-hydrogen) atoms. The van der Waals surface area contributed by atoms with E-state index in [0.717, 1.165) is 8.51 Å². The van der Waals surface area contributed by atoms with Crippen LogP contribution in [0.15, 0.2) is 0 Å². The Morgan fingerprint density at radius 3 is 2.33 bits per heavy atom. The van der Waals surface area contributed by atoms with E-state index in [2.05, 4.69) is 41.3 Å². The van der Waals surface area contributed by atoms with Crippen molar-refractivity contribution in [3.63, 3.8) is 0 Å². The van der Waals surface area contributed by atoms with Crippen LogP contribution in [0.5, 0.6) is 0 Å². The Morgan fingerprint density at radius 1 is 1.83 bits per heavy atom. The highest BCUT2D eigenvalue weighted by molar-refractivity contribution is 14.1. The lowest BCUT2D eigenvalue weighted by Crippen LogP contribution is -2.16. The molecule has 0 nitrogen and oxygen atoms in total. The summed E-state index contributed by atoms with van der Waals surface area (Å²) in [6.45, 7) is 2.28. The number of hydrogen-bond acceptors (Lipinski definition) is 1. The Labute approximate surface area is 56.2 Å². The molecule has 1 heterocycles. The fourth-order valence-electron chi connectivity index (χ4n) is 0.502. The van der Waals surface area contributed by atoms with Crippen LogP contribution in [-0.4, -0.2) is 8.51 Å². The number of halogens is 1. The number of thioether (sulfide) groups is 1. The van der Waals surface area contributed by atoms with Crippen LogP contribution in [0.25, 0.3) is 0 Å². The topological polar surface area (TPSA) is 0 Å². The standard InChI is InChI=1S/C4H7IS/c1-3-2-4(5)6-3/h3-4H,2H2,1H3. The van der Waals surface area contributed by atoms with Crippen LogP contribution in [0.3, 0.4) is 0 Å². The molecule has 0 N–H and O–H groups in total. The smallest absolute Gasteiger partial charge is 0.0577 e. The van der Waals surface area contributed by atoms with Gasteiger partial charge in [-0.05, 0) is 6.42 Å². The third kappa shape index (κ3) is 1.03. The molecule has 0 aromatic rings. The quantitative estimate of drug-likeness (QED) is 0.440. The lowest BCUT2D eigenvalue weighted by molar-refractivity contribution is 0.845. The van der Waals surface area contributed by atoms with Gasteiger partial charge in [0, 0.05) is 5.25 Å². The van der Waals surface area contributed by atoms with Crippen LogP contribution < -0.4 is 0 Å². The molecule has 0 aromatic carbocycles. The van der Waals surface area contributed by atoms with E-state index in [9.17, 15) is 0 Å². The maximum Gasteiger partial charge on any atom is 0.0577 e. The van der Waals surface area contributed by atoms with E-state index in [1.54, 1.807) is 0 Å². The van der Waals surface area contributed by atoms with Crippen LogP contribution in [0.2, 0.25) is 0 Å². The Morgan fingerprint density at radius 2 is 2.33 bits per heavy atom. The summed E-state index contributed by atoms with van der Waals surface area (Å²) < 4.78 is 0.928. The number of hydrogen-bond donors (Lipinski definition) is 0. The molecule has 0 amide bonds. The molecule has 1 aliphatic rings. The van der Waals surface area contributed by atoms with Crippen molar-refractivity contribution in [2.24, 2.45) is 0 Å². The van der Waals surface area contributed by atoms with Crippen LogP contribution in [0.4, 0.5) is 0 Å². The summed E-state index contributed by atoms with van der Waals surface area (Å²) in [4.78, 5) is 0. The van der Waals surface area contributed by atoms with E-state index >= 15 is 0 Å². The predicted octanol–water partition coefficient (Wildman–Crippen LogP) is 2.27. The first-order valence-corrected chi connectivity index (χ1v) is 4.27. The molecule has 2 heteroatoms. The molecule has 0 radical (unpaired) electrons. The van der Waals surface area contributed by atoms with Gasteiger partial charge in [0.05, 0.1) is 3.26 Å². The van der Waals surface area contributed by atoms with Gasteiger partial charge in [-0.2, -0.15) is 0 Å². The van der Waals surface area contributed by atoms with Gasteiger partial charge in [0.15, 0.2) is 0 Å². The van der Waals surface area contributed by atoms with E-state index in [4.69, 9.17) is 0 Å². The summed E-state index contributed by atoms with van der Waals surface area (Å²) in [6, 6.07) is 0. The molecule has 1 aliphatic heterocycles. The summed E-state index contributed by atoms with van der Waals surface area (Å²) in [6.07, 6.45) is 1.42. The summed E-state index contributed by atoms with van der Waals surface area (Å²) in [7, 11) is 0. The van der Waals surface area contributed by atoms with Gasteiger partial charge >= 0.3 is 0 Å². The van der Waals surface area contributed by atoms with Crippen LogP contribution in [0, 0.1) is 0 Å². The minimum Gasteiger partial charge on any atom is -0.145 e. The van der Waals surface area contributed by atoms with Gasteiger partial charge in [0.25, 0.3) is 0 Å². The van der Waals surface area contributed by atoms with E-state index in [1.807, 2.05) is 0 Å². The summed E-state index contributed by atoms with van der Waals surface area (Å²) in [5.41, 5.74) is 0. The lowest BCUT2D eigenvalue weighted by atomic mass is 10.3. The average molecular weight is 214 g/mol. The second-order valence-electron chi connectivity index (χ2n) is 1.59. The van der Waals surface area contributed by atoms with Gasteiger partial charge in [-0.15, -0.1) is 11.8 Å². The Bertz CT molecular complexity index is 43.5. The first kappa shape index (κ1) is 5.22. The van der Waals surface area contributed by atoms with Crippen molar-refractivity contribution < 1.29 is 0 Å². The molecular formula is C4H7IS. The highest BCUT2D eigenvalue weighted by Gasteiger charge is 2.22. The van der Waals surface area contributed by atoms with Gasteiger partial charge in [-0.3, -0.25) is 0 Å². The maximum atomic E-state index is 2.47. The molecule has 0 aromatic heterocycles. The van der Waals surface area contributed by atoms with Crippen molar-refractivity contribution in [3.05, 3.63) is 0 Å². The van der Waals surface area contributed by atoms with Gasteiger partial charge in [-0.1, -0.05) is 29.5 Å². The van der Waals surface area contributed by atoms with Gasteiger partial charge < -0.3 is 0 Å². The van der Waals surface area contributed by atoms with Crippen molar-refractivity contribution >= 4 is 34.4 Å². The zero-order valence-electron chi connectivity index (χ0n) is 3.65. The highest BCUT2D eigenvalue weighted by atomic mass is 127. The normalized spacial score (nSPS) is 45.0. The van der Waals surface area contributed by atoms with Crippen molar-refractivity contribution in [2.75, 3.05) is 0 Å². The van der Waals surface area contributed by atoms with E-state index in [0.29, 0.717) is 0 Å². The Balaban J connectivity index is 2.11. The average Bonchev–Trinajstić information content (AvgIpc) is 1.33. The molecule has 1 rings (SSSR count). The molecule has 0 saturated carbocycles. The van der Waals surface area contributed by atoms with Crippen LogP contribution in [0.1, 0.15) is 13.3 Å². The van der Waals surface area contributed by atoms with Crippen LogP contribution in [-0.2, 0) is 0 Å². The SMILES string of the molecule is CC1CC(I)S1. The molecule has 2 unspecified atom stereocenters. The Hall–Kier alpha value is 1.08. The minimum atomic E-state index is 0.928. The molecular weight excluding hydrogens is 207 g/mol. The van der Waals surface area contributed by atoms with Crippen LogP contribution >= 0.6 is 34.4 Å². The second kappa shape index (κ2) is 1.90. The fourth-order valence-corrected chi connectivity index (χ4v) is 3.96. The van der Waals surface area contributed by atoms with E-state index in [-0.39, 0.29) is 0 Å². The zero-order chi connectivity index (χ0) is 4.57. The molecule has 0 aliphatic carbocycles. The van der Waals surface area contributed by atoms with E-state index < -0.39 is 0 Å². The molecule has 1 saturated heterocycles. The highest BCUT2D eigenvalue weighted by Crippen LogP contribution is 2.39. The third-order valence-corrected chi connectivity index (χ3v) is 3.43. The van der Waals surface area contributed by atoms with Crippen molar-refractivity contribution in [2.45, 2.75) is 21.9 Å². The van der Waals surface area contributed by atoms with E-state index in [1.165, 1.54) is 6.42 Å². The molecule has 0 bridgehead atoms. The molecule has 2 atom stereocenters. The van der Waals surface area contributed by atoms with Crippen molar-refractivity contribution in [1.82, 2.24) is 0 Å². The van der Waals surface area contributed by atoms with Gasteiger partial charge in [0.1, 0.15) is 0 Å². The molecule has 1 fully saturated rings. The lowest BCUT2D eigenvalue weighted by Gasteiger charge is -2.26. The number of rotatable bonds is 0. The van der Waals surface area contributed by atoms with Gasteiger partial charge in [0.2, 0.25) is 0 Å². The van der Waals surface area contributed by atoms with Gasteiger partial charge in [-0.25, -0.2) is 0 Å². The number of alkyl halides is 1. The summed E-state index contributed by atoms with van der Waals surface area (Å²) >= 11 is 4.54. The molecule has 36 valence electrons. The first-order valence-electron chi connectivity index (χ1n) is 2.08. The third-order valence-electron chi connectivity index (χ3n) is 0.897. The summed E-state index contributed by atoms with van der Waals surface area (Å²) in [5, 5.41) is 0.951. The monoisotopic (exact) mass is 214 g/mol. The van der Waals surface area contributed by atoms with Crippen molar-refractivity contribution in [3.8, 4) is 0 Å². The van der Waals surface area contributed by atoms with Crippen molar-refractivity contribution in [1.29, 1.82) is 0 Å². The Kier molecular flexibility index (Phi) is 1.66. The maximum absolute atomic E-state index is 2.47. The minimum absolute atomic E-state index is 0.928. The second-order valence-corrected chi connectivity index (χ2v) is 5.59. The summed E-state index contributed by atoms with van der Waals surface area (Å²) in [5.74, 6) is 0. The predicted molar refractivity (Wildman–Crippen MR) is 39.5 cm³/mol.